The summed E-state index contributed by atoms with van der Waals surface area (Å²) in [6.45, 7) is 6.80. The third-order valence-corrected chi connectivity index (χ3v) is 4.10. The Morgan fingerprint density at radius 2 is 1.88 bits per heavy atom. The smallest absolute Gasteiger partial charge is 0.133 e. The van der Waals surface area contributed by atoms with Crippen LogP contribution in [0.25, 0.3) is 0 Å². The number of nitrogens with one attached hydrogen (secondary N) is 1. The van der Waals surface area contributed by atoms with Gasteiger partial charge in [0.2, 0.25) is 0 Å². The lowest BCUT2D eigenvalue weighted by atomic mass is 10.1. The average molecular weight is 274 g/mol. The van der Waals surface area contributed by atoms with Gasteiger partial charge in [0.25, 0.3) is 0 Å². The maximum Gasteiger partial charge on any atom is 0.133 e. The summed E-state index contributed by atoms with van der Waals surface area (Å²) in [5.74, 6) is 0. The van der Waals surface area contributed by atoms with Crippen LogP contribution in [-0.4, -0.2) is 34.4 Å². The highest BCUT2D eigenvalue weighted by atomic mass is 32.1. The normalized spacial score (nSPS) is 29.2. The molecule has 0 spiro atoms. The zero-order valence-electron chi connectivity index (χ0n) is 11.1. The monoisotopic (exact) mass is 274 g/mol. The fourth-order valence-electron chi connectivity index (χ4n) is 2.41. The van der Waals surface area contributed by atoms with Crippen molar-refractivity contribution >= 4 is 29.2 Å². The molecule has 2 saturated heterocycles. The van der Waals surface area contributed by atoms with E-state index >= 15 is 0 Å². The summed E-state index contributed by atoms with van der Waals surface area (Å²) in [4.78, 5) is 2.20. The van der Waals surface area contributed by atoms with Gasteiger partial charge >= 0.3 is 0 Å². The molecule has 0 saturated carbocycles. The highest BCUT2D eigenvalue weighted by Crippen LogP contribution is 2.17. The molecule has 0 aromatic heterocycles. The SMILES string of the molecule is CC1CCCCN1.CC1CCCCN1C(=S)S. The number of piperidine rings is 2. The van der Waals surface area contributed by atoms with Gasteiger partial charge in [0.1, 0.15) is 4.32 Å². The molecule has 0 radical (unpaired) electrons. The Labute approximate surface area is 117 Å². The minimum absolute atomic E-state index is 0.610. The van der Waals surface area contributed by atoms with Crippen LogP contribution in [0.2, 0.25) is 0 Å². The minimum Gasteiger partial charge on any atom is -0.355 e. The van der Waals surface area contributed by atoms with E-state index in [4.69, 9.17) is 12.2 Å². The molecule has 0 aliphatic carbocycles. The number of hydrogen-bond donors (Lipinski definition) is 2. The van der Waals surface area contributed by atoms with E-state index in [1.54, 1.807) is 0 Å². The Kier molecular flexibility index (Phi) is 7.47. The van der Waals surface area contributed by atoms with Crippen molar-refractivity contribution in [3.63, 3.8) is 0 Å². The van der Waals surface area contributed by atoms with Crippen LogP contribution in [0.1, 0.15) is 52.4 Å². The molecular weight excluding hydrogens is 248 g/mol. The summed E-state index contributed by atoms with van der Waals surface area (Å²) in [5.41, 5.74) is 0. The predicted octanol–water partition coefficient (Wildman–Crippen LogP) is 3.22. The van der Waals surface area contributed by atoms with Crippen molar-refractivity contribution in [3.8, 4) is 0 Å². The molecule has 100 valence electrons. The molecule has 0 aromatic carbocycles. The zero-order chi connectivity index (χ0) is 12.7. The maximum atomic E-state index is 4.98. The summed E-state index contributed by atoms with van der Waals surface area (Å²) in [6, 6.07) is 1.40. The first kappa shape index (κ1) is 15.3. The van der Waals surface area contributed by atoms with Gasteiger partial charge in [-0.05, 0) is 52.5 Å². The zero-order valence-corrected chi connectivity index (χ0v) is 12.8. The lowest BCUT2D eigenvalue weighted by molar-refractivity contribution is 0.267. The van der Waals surface area contributed by atoms with Gasteiger partial charge < -0.3 is 10.2 Å². The van der Waals surface area contributed by atoms with Crippen LogP contribution in [0, 0.1) is 0 Å². The van der Waals surface area contributed by atoms with Gasteiger partial charge in [-0.3, -0.25) is 0 Å². The topological polar surface area (TPSA) is 15.3 Å². The molecule has 2 fully saturated rings. The van der Waals surface area contributed by atoms with Crippen LogP contribution in [0.5, 0.6) is 0 Å². The Morgan fingerprint density at radius 3 is 2.24 bits per heavy atom. The molecule has 2 nitrogen and oxygen atoms in total. The molecule has 2 rings (SSSR count). The Bertz CT molecular complexity index is 227. The second-order valence-corrected chi connectivity index (χ2v) is 6.28. The lowest BCUT2D eigenvalue weighted by Gasteiger charge is -2.33. The van der Waals surface area contributed by atoms with Crippen molar-refractivity contribution in [2.24, 2.45) is 0 Å². The molecule has 0 bridgehead atoms. The van der Waals surface area contributed by atoms with Crippen molar-refractivity contribution < 1.29 is 0 Å². The lowest BCUT2D eigenvalue weighted by Crippen LogP contribution is -2.38. The highest BCUT2D eigenvalue weighted by molar-refractivity contribution is 8.10. The van der Waals surface area contributed by atoms with Gasteiger partial charge in [0.15, 0.2) is 0 Å². The second kappa shape index (κ2) is 8.33. The number of thiol groups is 1. The van der Waals surface area contributed by atoms with Crippen LogP contribution < -0.4 is 5.32 Å². The summed E-state index contributed by atoms with van der Waals surface area (Å²) in [5, 5.41) is 3.38. The van der Waals surface area contributed by atoms with Crippen molar-refractivity contribution in [3.05, 3.63) is 0 Å². The molecule has 2 atom stereocenters. The van der Waals surface area contributed by atoms with Crippen molar-refractivity contribution in [1.82, 2.24) is 10.2 Å². The van der Waals surface area contributed by atoms with E-state index in [9.17, 15) is 0 Å². The number of thiocarbonyl (C=S) groups is 1. The van der Waals surface area contributed by atoms with Gasteiger partial charge in [-0.15, -0.1) is 12.6 Å². The molecule has 1 N–H and O–H groups in total. The van der Waals surface area contributed by atoms with E-state index in [2.05, 4.69) is 36.7 Å². The van der Waals surface area contributed by atoms with E-state index in [1.165, 1.54) is 45.1 Å². The van der Waals surface area contributed by atoms with Crippen molar-refractivity contribution in [2.45, 2.75) is 64.5 Å². The van der Waals surface area contributed by atoms with E-state index in [-0.39, 0.29) is 0 Å². The molecule has 0 aromatic rings. The maximum absolute atomic E-state index is 4.98. The molecule has 4 heteroatoms. The third kappa shape index (κ3) is 6.07. The van der Waals surface area contributed by atoms with Crippen LogP contribution >= 0.6 is 24.8 Å². The largest absolute Gasteiger partial charge is 0.355 e. The highest BCUT2D eigenvalue weighted by Gasteiger charge is 2.17. The van der Waals surface area contributed by atoms with E-state index in [0.29, 0.717) is 6.04 Å². The first-order chi connectivity index (χ1) is 8.11. The van der Waals surface area contributed by atoms with Gasteiger partial charge in [-0.25, -0.2) is 0 Å². The molecule has 2 heterocycles. The number of hydrogen-bond acceptors (Lipinski definition) is 2. The average Bonchev–Trinajstić information content (AvgIpc) is 2.31. The van der Waals surface area contributed by atoms with Crippen molar-refractivity contribution in [2.75, 3.05) is 13.1 Å². The number of likely N-dealkylation sites (tertiary alicyclic amines) is 1. The molecule has 0 amide bonds. The van der Waals surface area contributed by atoms with E-state index < -0.39 is 0 Å². The standard InChI is InChI=1S/C7H13NS2.C6H13N/c1-6-4-2-3-5-8(6)7(9)10;1-6-4-2-3-5-7-6/h6H,2-5H2,1H3,(H,9,10);6-7H,2-5H2,1H3. The minimum atomic E-state index is 0.610. The van der Waals surface area contributed by atoms with Gasteiger partial charge in [0.05, 0.1) is 0 Å². The van der Waals surface area contributed by atoms with Gasteiger partial charge in [0, 0.05) is 18.6 Å². The number of rotatable bonds is 0. The molecule has 2 aliphatic rings. The van der Waals surface area contributed by atoms with Crippen LogP contribution in [0.3, 0.4) is 0 Å². The first-order valence-electron chi connectivity index (χ1n) is 6.84. The van der Waals surface area contributed by atoms with Crippen LogP contribution in [-0.2, 0) is 0 Å². The van der Waals surface area contributed by atoms with Crippen molar-refractivity contribution in [1.29, 1.82) is 0 Å². The fraction of sp³-hybridized carbons (Fsp3) is 0.923. The second-order valence-electron chi connectivity index (χ2n) is 5.17. The molecule has 2 unspecified atom stereocenters. The van der Waals surface area contributed by atoms with Gasteiger partial charge in [-0.2, -0.15) is 0 Å². The molecule has 2 aliphatic heterocycles. The Balaban J connectivity index is 0.000000181. The first-order valence-corrected chi connectivity index (χ1v) is 7.69. The molecular formula is C13H26N2S2. The van der Waals surface area contributed by atoms with Crippen LogP contribution in [0.15, 0.2) is 0 Å². The Hall–Kier alpha value is 0.200. The van der Waals surface area contributed by atoms with Gasteiger partial charge in [-0.1, -0.05) is 18.6 Å². The Morgan fingerprint density at radius 1 is 1.18 bits per heavy atom. The third-order valence-electron chi connectivity index (χ3n) is 3.61. The fourth-order valence-corrected chi connectivity index (χ4v) is 2.98. The quantitative estimate of drug-likeness (QED) is 0.521. The van der Waals surface area contributed by atoms with Crippen LogP contribution in [0.4, 0.5) is 0 Å². The van der Waals surface area contributed by atoms with E-state index in [1.807, 2.05) is 0 Å². The van der Waals surface area contributed by atoms with E-state index in [0.717, 1.165) is 16.9 Å². The summed E-state index contributed by atoms with van der Waals surface area (Å²) in [6.07, 6.45) is 8.05. The number of nitrogens with zero attached hydrogens (tertiary/aromatic N) is 1. The molecule has 17 heavy (non-hydrogen) atoms. The summed E-state index contributed by atoms with van der Waals surface area (Å²) >= 11 is 9.14. The summed E-state index contributed by atoms with van der Waals surface area (Å²) in [7, 11) is 0. The summed E-state index contributed by atoms with van der Waals surface area (Å²) < 4.78 is 0.757. The predicted molar refractivity (Wildman–Crippen MR) is 82.9 cm³/mol.